The topological polar surface area (TPSA) is 55.9 Å². The molecule has 160 valence electrons. The Morgan fingerprint density at radius 3 is 2.28 bits per heavy atom. The van der Waals surface area contributed by atoms with Gasteiger partial charge in [-0.2, -0.15) is 0 Å². The zero-order valence-corrected chi connectivity index (χ0v) is 18.0. The molecule has 1 aromatic rings. The lowest BCUT2D eigenvalue weighted by atomic mass is 10.1. The Hall–Kier alpha value is -1.92. The summed E-state index contributed by atoms with van der Waals surface area (Å²) in [5, 5.41) is 3.05. The summed E-state index contributed by atoms with van der Waals surface area (Å²) in [5.41, 5.74) is 2.07. The van der Waals surface area contributed by atoms with Crippen LogP contribution in [0.25, 0.3) is 0 Å². The quantitative estimate of drug-likeness (QED) is 0.798. The summed E-state index contributed by atoms with van der Waals surface area (Å²) in [7, 11) is 0. The molecule has 3 rings (SSSR count). The Kier molecular flexibility index (Phi) is 8.07. The van der Waals surface area contributed by atoms with Gasteiger partial charge in [0.25, 0.3) is 0 Å². The molecule has 0 saturated carbocycles. The lowest BCUT2D eigenvalue weighted by molar-refractivity contribution is -0.137. The van der Waals surface area contributed by atoms with Crippen LogP contribution in [0.15, 0.2) is 24.3 Å². The van der Waals surface area contributed by atoms with E-state index in [4.69, 9.17) is 0 Å². The molecule has 2 heterocycles. The number of carbonyl (C=O) groups is 2. The minimum Gasteiger partial charge on any atom is -0.341 e. The van der Waals surface area contributed by atoms with Crippen molar-refractivity contribution in [3.63, 3.8) is 0 Å². The van der Waals surface area contributed by atoms with Gasteiger partial charge in [-0.15, -0.1) is 0 Å². The minimum absolute atomic E-state index is 0.0352. The smallest absolute Gasteiger partial charge is 0.239 e. The summed E-state index contributed by atoms with van der Waals surface area (Å²) in [6.07, 6.45) is 5.63. The molecule has 0 radical (unpaired) electrons. The number of piperazine rings is 1. The number of rotatable bonds is 6. The minimum atomic E-state index is -0.0690. The van der Waals surface area contributed by atoms with Crippen molar-refractivity contribution in [3.8, 4) is 0 Å². The van der Waals surface area contributed by atoms with Crippen molar-refractivity contribution in [3.05, 3.63) is 29.8 Å². The number of hydrogen-bond donors (Lipinski definition) is 1. The lowest BCUT2D eigenvalue weighted by Crippen LogP contribution is -2.55. The number of aryl methyl sites for hydroxylation is 1. The molecule has 0 bridgehead atoms. The van der Waals surface area contributed by atoms with E-state index in [2.05, 4.69) is 33.0 Å². The van der Waals surface area contributed by atoms with E-state index in [1.165, 1.54) is 12.8 Å². The van der Waals surface area contributed by atoms with Crippen molar-refractivity contribution in [2.75, 3.05) is 51.1 Å². The van der Waals surface area contributed by atoms with Crippen LogP contribution in [0, 0.1) is 0 Å². The summed E-state index contributed by atoms with van der Waals surface area (Å²) in [5.74, 6) is 0.308. The SMILES string of the molecule is CCc1ccccc1NC(=O)CN1CCN(C(C)C(=O)N2CCCCCC2)CC1. The Balaban J connectivity index is 1.44. The highest BCUT2D eigenvalue weighted by atomic mass is 16.2. The molecule has 1 atom stereocenters. The normalized spacial score (nSPS) is 20.1. The molecule has 6 heteroatoms. The second-order valence-electron chi connectivity index (χ2n) is 8.29. The van der Waals surface area contributed by atoms with Gasteiger partial charge < -0.3 is 10.2 Å². The summed E-state index contributed by atoms with van der Waals surface area (Å²) >= 11 is 0. The molecule has 2 aliphatic heterocycles. The number of nitrogens with one attached hydrogen (secondary N) is 1. The van der Waals surface area contributed by atoms with Crippen LogP contribution in [0.3, 0.4) is 0 Å². The summed E-state index contributed by atoms with van der Waals surface area (Å²) in [6, 6.07) is 7.90. The number of para-hydroxylation sites is 1. The predicted molar refractivity (Wildman–Crippen MR) is 117 cm³/mol. The number of amides is 2. The summed E-state index contributed by atoms with van der Waals surface area (Å²) in [4.78, 5) is 31.9. The summed E-state index contributed by atoms with van der Waals surface area (Å²) < 4.78 is 0. The van der Waals surface area contributed by atoms with Crippen LogP contribution in [0.2, 0.25) is 0 Å². The van der Waals surface area contributed by atoms with Crippen LogP contribution in [0.1, 0.15) is 45.1 Å². The van der Waals surface area contributed by atoms with Crippen LogP contribution in [-0.4, -0.2) is 78.4 Å². The maximum Gasteiger partial charge on any atom is 0.239 e. The van der Waals surface area contributed by atoms with E-state index in [1.54, 1.807) is 0 Å². The van der Waals surface area contributed by atoms with Crippen molar-refractivity contribution in [2.45, 2.75) is 52.0 Å². The zero-order valence-electron chi connectivity index (χ0n) is 18.0. The standard InChI is InChI=1S/C23H36N4O2/c1-3-20-10-6-7-11-21(20)24-22(28)18-25-14-16-26(17-15-25)19(2)23(29)27-12-8-4-5-9-13-27/h6-7,10-11,19H,3-5,8-9,12-18H2,1-2H3,(H,24,28). The molecule has 2 fully saturated rings. The average Bonchev–Trinajstić information content (AvgIpc) is 3.03. The maximum absolute atomic E-state index is 12.9. The highest BCUT2D eigenvalue weighted by Crippen LogP contribution is 2.16. The average molecular weight is 401 g/mol. The molecule has 1 unspecified atom stereocenters. The first-order valence-electron chi connectivity index (χ1n) is 11.2. The first-order chi connectivity index (χ1) is 14.1. The van der Waals surface area contributed by atoms with Crippen molar-refractivity contribution < 1.29 is 9.59 Å². The van der Waals surface area contributed by atoms with Gasteiger partial charge in [0, 0.05) is 45.0 Å². The highest BCUT2D eigenvalue weighted by molar-refractivity contribution is 5.93. The third kappa shape index (κ3) is 6.03. The molecular weight excluding hydrogens is 364 g/mol. The third-order valence-corrected chi connectivity index (χ3v) is 6.27. The molecule has 29 heavy (non-hydrogen) atoms. The van der Waals surface area contributed by atoms with E-state index in [0.717, 1.165) is 69.8 Å². The van der Waals surface area contributed by atoms with E-state index in [1.807, 2.05) is 25.1 Å². The van der Waals surface area contributed by atoms with Crippen LogP contribution < -0.4 is 5.32 Å². The Morgan fingerprint density at radius 1 is 0.966 bits per heavy atom. The van der Waals surface area contributed by atoms with Gasteiger partial charge in [0.15, 0.2) is 0 Å². The van der Waals surface area contributed by atoms with Crippen molar-refractivity contribution in [2.24, 2.45) is 0 Å². The molecule has 0 spiro atoms. The lowest BCUT2D eigenvalue weighted by Gasteiger charge is -2.38. The monoisotopic (exact) mass is 400 g/mol. The third-order valence-electron chi connectivity index (χ3n) is 6.27. The van der Waals surface area contributed by atoms with E-state index < -0.39 is 0 Å². The molecule has 0 aliphatic carbocycles. The molecule has 2 amide bonds. The van der Waals surface area contributed by atoms with Crippen LogP contribution >= 0.6 is 0 Å². The Morgan fingerprint density at radius 2 is 1.62 bits per heavy atom. The fraction of sp³-hybridized carbons (Fsp3) is 0.652. The van der Waals surface area contributed by atoms with Gasteiger partial charge in [-0.05, 0) is 37.8 Å². The van der Waals surface area contributed by atoms with E-state index in [9.17, 15) is 9.59 Å². The molecule has 0 aromatic heterocycles. The van der Waals surface area contributed by atoms with Crippen molar-refractivity contribution in [1.82, 2.24) is 14.7 Å². The van der Waals surface area contributed by atoms with Gasteiger partial charge in [-0.25, -0.2) is 0 Å². The van der Waals surface area contributed by atoms with Crippen LogP contribution in [0.4, 0.5) is 5.69 Å². The van der Waals surface area contributed by atoms with E-state index >= 15 is 0 Å². The van der Waals surface area contributed by atoms with Crippen molar-refractivity contribution >= 4 is 17.5 Å². The molecule has 1 aromatic carbocycles. The largest absolute Gasteiger partial charge is 0.341 e. The summed E-state index contributed by atoms with van der Waals surface area (Å²) in [6.45, 7) is 9.65. The fourth-order valence-electron chi connectivity index (χ4n) is 4.36. The van der Waals surface area contributed by atoms with Gasteiger partial charge in [0.1, 0.15) is 0 Å². The second-order valence-corrected chi connectivity index (χ2v) is 8.29. The van der Waals surface area contributed by atoms with Gasteiger partial charge in [0.05, 0.1) is 12.6 Å². The maximum atomic E-state index is 12.9. The molecular formula is C23H36N4O2. The zero-order chi connectivity index (χ0) is 20.6. The van der Waals surface area contributed by atoms with Crippen LogP contribution in [-0.2, 0) is 16.0 Å². The number of benzene rings is 1. The number of hydrogen-bond acceptors (Lipinski definition) is 4. The molecule has 2 saturated heterocycles. The number of likely N-dealkylation sites (tertiary alicyclic amines) is 1. The number of nitrogens with zero attached hydrogens (tertiary/aromatic N) is 3. The predicted octanol–water partition coefficient (Wildman–Crippen LogP) is 2.60. The van der Waals surface area contributed by atoms with E-state index in [-0.39, 0.29) is 17.9 Å². The van der Waals surface area contributed by atoms with Gasteiger partial charge in [0.2, 0.25) is 11.8 Å². The molecule has 2 aliphatic rings. The first-order valence-corrected chi connectivity index (χ1v) is 11.2. The van der Waals surface area contributed by atoms with Gasteiger partial charge >= 0.3 is 0 Å². The number of carbonyl (C=O) groups excluding carboxylic acids is 2. The fourth-order valence-corrected chi connectivity index (χ4v) is 4.36. The van der Waals surface area contributed by atoms with E-state index in [0.29, 0.717) is 6.54 Å². The van der Waals surface area contributed by atoms with Crippen molar-refractivity contribution in [1.29, 1.82) is 0 Å². The number of anilines is 1. The molecule has 6 nitrogen and oxygen atoms in total. The van der Waals surface area contributed by atoms with Crippen LogP contribution in [0.5, 0.6) is 0 Å². The van der Waals surface area contributed by atoms with Gasteiger partial charge in [-0.3, -0.25) is 19.4 Å². The second kappa shape index (κ2) is 10.7. The Labute approximate surface area is 175 Å². The molecule has 1 N–H and O–H groups in total. The Bertz CT molecular complexity index is 677. The van der Waals surface area contributed by atoms with Gasteiger partial charge in [-0.1, -0.05) is 38.0 Å². The first kappa shape index (κ1) is 21.8. The highest BCUT2D eigenvalue weighted by Gasteiger charge is 2.29.